The fourth-order valence-corrected chi connectivity index (χ4v) is 3.25. The van der Waals surface area contributed by atoms with Crippen molar-refractivity contribution in [2.45, 2.75) is 24.7 Å². The lowest BCUT2D eigenvalue weighted by Crippen LogP contribution is -2.39. The molecule has 90 valence electrons. The van der Waals surface area contributed by atoms with Crippen LogP contribution in [0.15, 0.2) is 30.6 Å². The van der Waals surface area contributed by atoms with Gasteiger partial charge >= 0.3 is 0 Å². The van der Waals surface area contributed by atoms with Crippen molar-refractivity contribution >= 4 is 11.7 Å². The van der Waals surface area contributed by atoms with Crippen LogP contribution in [0.2, 0.25) is 0 Å². The molecule has 2 aliphatic rings. The second-order valence-electron chi connectivity index (χ2n) is 5.09. The van der Waals surface area contributed by atoms with Crippen molar-refractivity contribution in [3.63, 3.8) is 0 Å². The van der Waals surface area contributed by atoms with Crippen molar-refractivity contribution in [3.8, 4) is 0 Å². The van der Waals surface area contributed by atoms with E-state index in [4.69, 9.17) is 0 Å². The predicted octanol–water partition coefficient (Wildman–Crippen LogP) is 1.79. The Morgan fingerprint density at radius 2 is 2.28 bits per heavy atom. The molecule has 1 atom stereocenters. The van der Waals surface area contributed by atoms with Crippen LogP contribution in [0.5, 0.6) is 0 Å². The van der Waals surface area contributed by atoms with E-state index in [9.17, 15) is 4.79 Å². The third-order valence-corrected chi connectivity index (χ3v) is 4.21. The molecular formula is C14H13N3O. The first kappa shape index (κ1) is 9.88. The normalized spacial score (nSPS) is 24.8. The van der Waals surface area contributed by atoms with Gasteiger partial charge in [0.1, 0.15) is 5.82 Å². The van der Waals surface area contributed by atoms with Crippen molar-refractivity contribution in [1.82, 2.24) is 9.97 Å². The van der Waals surface area contributed by atoms with Crippen LogP contribution in [0.25, 0.3) is 0 Å². The van der Waals surface area contributed by atoms with Crippen LogP contribution in [-0.2, 0) is 23.1 Å². The number of fused-ring (bicyclic) bond motifs is 3. The summed E-state index contributed by atoms with van der Waals surface area (Å²) < 4.78 is 0. The van der Waals surface area contributed by atoms with Crippen molar-refractivity contribution in [2.24, 2.45) is 0 Å². The van der Waals surface area contributed by atoms with Crippen LogP contribution in [0.1, 0.15) is 23.2 Å². The number of carbonyl (C=O) groups is 1. The number of aryl methyl sites for hydroxylation is 1. The largest absolute Gasteiger partial charge is 0.365 e. The molecule has 0 radical (unpaired) electrons. The van der Waals surface area contributed by atoms with Gasteiger partial charge in [0.05, 0.1) is 5.41 Å². The van der Waals surface area contributed by atoms with E-state index in [1.54, 1.807) is 6.20 Å². The fraction of sp³-hybridized carbons (Fsp3) is 0.286. The quantitative estimate of drug-likeness (QED) is 0.736. The molecule has 2 aromatic heterocycles. The minimum absolute atomic E-state index is 0.100. The topological polar surface area (TPSA) is 57.8 Å². The Labute approximate surface area is 104 Å². The highest BCUT2D eigenvalue weighted by Crippen LogP contribution is 2.45. The lowest BCUT2D eigenvalue weighted by atomic mass is 9.70. The molecule has 0 saturated heterocycles. The van der Waals surface area contributed by atoms with Gasteiger partial charge in [-0.3, -0.25) is 4.79 Å². The van der Waals surface area contributed by atoms with E-state index in [0.717, 1.165) is 30.6 Å². The lowest BCUT2D eigenvalue weighted by molar-refractivity contribution is -0.121. The van der Waals surface area contributed by atoms with Gasteiger partial charge in [0, 0.05) is 23.7 Å². The standard InChI is InChI=1S/C14H13N3O/c18-13-14(10-2-1-6-16-12(10)17-13)5-3-11-9(8-14)4-7-15-11/h1-2,4,6-7,15H,3,5,8H2,(H,16,17,18)/t14-/m1/s1. The summed E-state index contributed by atoms with van der Waals surface area (Å²) in [7, 11) is 0. The smallest absolute Gasteiger partial charge is 0.236 e. The molecule has 18 heavy (non-hydrogen) atoms. The molecule has 0 bridgehead atoms. The maximum absolute atomic E-state index is 12.4. The Morgan fingerprint density at radius 3 is 3.22 bits per heavy atom. The number of anilines is 1. The van der Waals surface area contributed by atoms with Gasteiger partial charge in [0.2, 0.25) is 5.91 Å². The zero-order valence-electron chi connectivity index (χ0n) is 9.86. The highest BCUT2D eigenvalue weighted by Gasteiger charge is 2.49. The Morgan fingerprint density at radius 1 is 1.33 bits per heavy atom. The highest BCUT2D eigenvalue weighted by molar-refractivity contribution is 6.05. The molecule has 1 spiro atoms. The van der Waals surface area contributed by atoms with Crippen molar-refractivity contribution in [3.05, 3.63) is 47.4 Å². The summed E-state index contributed by atoms with van der Waals surface area (Å²) in [5.41, 5.74) is 3.18. The third-order valence-electron chi connectivity index (χ3n) is 4.21. The van der Waals surface area contributed by atoms with E-state index in [1.165, 1.54) is 11.3 Å². The molecule has 4 nitrogen and oxygen atoms in total. The van der Waals surface area contributed by atoms with Crippen LogP contribution < -0.4 is 5.32 Å². The molecular weight excluding hydrogens is 226 g/mol. The van der Waals surface area contributed by atoms with E-state index in [2.05, 4.69) is 21.4 Å². The molecule has 1 aliphatic carbocycles. The van der Waals surface area contributed by atoms with Crippen molar-refractivity contribution in [1.29, 1.82) is 0 Å². The highest BCUT2D eigenvalue weighted by atomic mass is 16.2. The van der Waals surface area contributed by atoms with Gasteiger partial charge in [-0.15, -0.1) is 0 Å². The van der Waals surface area contributed by atoms with Gasteiger partial charge in [-0.1, -0.05) is 6.07 Å². The Hall–Kier alpha value is -2.10. The predicted molar refractivity (Wildman–Crippen MR) is 67.4 cm³/mol. The van der Waals surface area contributed by atoms with Crippen molar-refractivity contribution in [2.75, 3.05) is 5.32 Å². The number of rotatable bonds is 0. The summed E-state index contributed by atoms with van der Waals surface area (Å²) in [6.07, 6.45) is 6.23. The van der Waals surface area contributed by atoms with Crippen molar-refractivity contribution < 1.29 is 4.79 Å². The van der Waals surface area contributed by atoms with Gasteiger partial charge in [-0.05, 0) is 37.0 Å². The number of nitrogens with one attached hydrogen (secondary N) is 2. The van der Waals surface area contributed by atoms with Gasteiger partial charge < -0.3 is 10.3 Å². The van der Waals surface area contributed by atoms with Crippen LogP contribution in [0.4, 0.5) is 5.82 Å². The van der Waals surface area contributed by atoms with Crippen LogP contribution in [0, 0.1) is 0 Å². The van der Waals surface area contributed by atoms with Gasteiger partial charge in [-0.25, -0.2) is 4.98 Å². The van der Waals surface area contributed by atoms with E-state index in [1.807, 2.05) is 18.3 Å². The molecule has 1 aliphatic heterocycles. The van der Waals surface area contributed by atoms with E-state index in [0.29, 0.717) is 0 Å². The van der Waals surface area contributed by atoms with Crippen LogP contribution >= 0.6 is 0 Å². The van der Waals surface area contributed by atoms with Crippen LogP contribution in [-0.4, -0.2) is 15.9 Å². The number of pyridine rings is 1. The first-order valence-electron chi connectivity index (χ1n) is 6.22. The number of hydrogen-bond donors (Lipinski definition) is 2. The average Bonchev–Trinajstić information content (AvgIpc) is 2.95. The second kappa shape index (κ2) is 3.22. The molecule has 2 N–H and O–H groups in total. The number of carbonyl (C=O) groups excluding carboxylic acids is 1. The molecule has 3 heterocycles. The number of nitrogens with zero attached hydrogens (tertiary/aromatic N) is 1. The van der Waals surface area contributed by atoms with Gasteiger partial charge in [0.15, 0.2) is 0 Å². The number of amides is 1. The van der Waals surface area contributed by atoms with E-state index >= 15 is 0 Å². The summed E-state index contributed by atoms with van der Waals surface area (Å²) in [6.45, 7) is 0. The summed E-state index contributed by atoms with van der Waals surface area (Å²) >= 11 is 0. The third kappa shape index (κ3) is 1.10. The Balaban J connectivity index is 1.88. The van der Waals surface area contributed by atoms with E-state index in [-0.39, 0.29) is 5.91 Å². The van der Waals surface area contributed by atoms with E-state index < -0.39 is 5.41 Å². The SMILES string of the molecule is O=C1Nc2ncccc2[C@]12CCc1[nH]ccc1C2. The number of aromatic nitrogens is 2. The molecule has 0 aromatic carbocycles. The first-order chi connectivity index (χ1) is 8.79. The fourth-order valence-electron chi connectivity index (χ4n) is 3.25. The first-order valence-corrected chi connectivity index (χ1v) is 6.22. The Bertz CT molecular complexity index is 646. The molecule has 4 heteroatoms. The maximum Gasteiger partial charge on any atom is 0.236 e. The maximum atomic E-state index is 12.4. The molecule has 0 fully saturated rings. The average molecular weight is 239 g/mol. The van der Waals surface area contributed by atoms with Crippen LogP contribution in [0.3, 0.4) is 0 Å². The number of aromatic amines is 1. The minimum Gasteiger partial charge on any atom is -0.365 e. The second-order valence-corrected chi connectivity index (χ2v) is 5.09. The summed E-state index contributed by atoms with van der Waals surface area (Å²) in [4.78, 5) is 19.9. The minimum atomic E-state index is -0.404. The monoisotopic (exact) mass is 239 g/mol. The zero-order valence-corrected chi connectivity index (χ0v) is 9.86. The summed E-state index contributed by atoms with van der Waals surface area (Å²) in [5.74, 6) is 0.838. The molecule has 0 saturated carbocycles. The number of hydrogen-bond acceptors (Lipinski definition) is 2. The molecule has 4 rings (SSSR count). The summed E-state index contributed by atoms with van der Waals surface area (Å²) in [6, 6.07) is 6.02. The Kier molecular flexibility index (Phi) is 1.77. The molecule has 2 aromatic rings. The molecule has 0 unspecified atom stereocenters. The van der Waals surface area contributed by atoms with Gasteiger partial charge in [0.25, 0.3) is 0 Å². The van der Waals surface area contributed by atoms with Gasteiger partial charge in [-0.2, -0.15) is 0 Å². The number of H-pyrrole nitrogens is 1. The zero-order chi connectivity index (χ0) is 12.2. The summed E-state index contributed by atoms with van der Waals surface area (Å²) in [5, 5.41) is 2.92. The molecule has 1 amide bonds. The lowest BCUT2D eigenvalue weighted by Gasteiger charge is -2.31.